The molecule has 104 valence electrons. The standard InChI is InChI=1S/C15H21NO3/c1-11-9-13(10-16(11)8-7-15(17)18)12-3-5-14(19-2)6-4-12/h3-6,11,13H,7-10H2,1-2H3,(H,17,18)/t11-,13+/m0/s1. The highest BCUT2D eigenvalue weighted by Crippen LogP contribution is 2.32. The van der Waals surface area contributed by atoms with Gasteiger partial charge in [0.15, 0.2) is 0 Å². The van der Waals surface area contributed by atoms with Crippen molar-refractivity contribution < 1.29 is 14.6 Å². The lowest BCUT2D eigenvalue weighted by Crippen LogP contribution is -2.29. The summed E-state index contributed by atoms with van der Waals surface area (Å²) >= 11 is 0. The van der Waals surface area contributed by atoms with Gasteiger partial charge in [0.1, 0.15) is 5.75 Å². The van der Waals surface area contributed by atoms with Crippen LogP contribution in [0.25, 0.3) is 0 Å². The van der Waals surface area contributed by atoms with Crippen molar-refractivity contribution in [2.24, 2.45) is 0 Å². The summed E-state index contributed by atoms with van der Waals surface area (Å²) in [4.78, 5) is 12.9. The third-order valence-corrected chi connectivity index (χ3v) is 3.90. The van der Waals surface area contributed by atoms with Crippen LogP contribution in [0.1, 0.15) is 31.2 Å². The molecule has 0 spiro atoms. The highest BCUT2D eigenvalue weighted by Gasteiger charge is 2.29. The number of aliphatic carboxylic acids is 1. The first-order chi connectivity index (χ1) is 9.10. The van der Waals surface area contributed by atoms with E-state index in [9.17, 15) is 4.79 Å². The third kappa shape index (κ3) is 3.47. The zero-order valence-electron chi connectivity index (χ0n) is 11.5. The van der Waals surface area contributed by atoms with Gasteiger partial charge in [0.25, 0.3) is 0 Å². The summed E-state index contributed by atoms with van der Waals surface area (Å²) in [6, 6.07) is 8.64. The molecule has 0 aliphatic carbocycles. The summed E-state index contributed by atoms with van der Waals surface area (Å²) in [5.74, 6) is 0.646. The lowest BCUT2D eigenvalue weighted by atomic mass is 9.97. The second-order valence-electron chi connectivity index (χ2n) is 5.19. The molecule has 0 aromatic heterocycles. The lowest BCUT2D eigenvalue weighted by molar-refractivity contribution is -0.137. The number of likely N-dealkylation sites (tertiary alicyclic amines) is 1. The average molecular weight is 263 g/mol. The maximum Gasteiger partial charge on any atom is 0.304 e. The molecule has 1 aliphatic heterocycles. The number of hydrogen-bond donors (Lipinski definition) is 1. The maximum atomic E-state index is 10.6. The monoisotopic (exact) mass is 263 g/mol. The van der Waals surface area contributed by atoms with Gasteiger partial charge < -0.3 is 9.84 Å². The van der Waals surface area contributed by atoms with E-state index in [4.69, 9.17) is 9.84 Å². The molecule has 19 heavy (non-hydrogen) atoms. The minimum Gasteiger partial charge on any atom is -0.497 e. The molecule has 1 fully saturated rings. The molecule has 0 amide bonds. The van der Waals surface area contributed by atoms with Gasteiger partial charge >= 0.3 is 5.97 Å². The Morgan fingerprint density at radius 3 is 2.68 bits per heavy atom. The van der Waals surface area contributed by atoms with Crippen molar-refractivity contribution >= 4 is 5.97 Å². The predicted molar refractivity (Wildman–Crippen MR) is 73.6 cm³/mol. The van der Waals surface area contributed by atoms with E-state index in [-0.39, 0.29) is 6.42 Å². The van der Waals surface area contributed by atoms with Crippen molar-refractivity contribution in [3.05, 3.63) is 29.8 Å². The Labute approximate surface area is 114 Å². The summed E-state index contributed by atoms with van der Waals surface area (Å²) in [6.07, 6.45) is 1.31. The molecule has 1 saturated heterocycles. The first-order valence-corrected chi connectivity index (χ1v) is 6.70. The van der Waals surface area contributed by atoms with Crippen LogP contribution in [-0.4, -0.2) is 42.2 Å². The van der Waals surface area contributed by atoms with Crippen LogP contribution in [0.4, 0.5) is 0 Å². The number of carboxylic acid groups (broad SMARTS) is 1. The molecule has 1 N–H and O–H groups in total. The Balaban J connectivity index is 1.97. The van der Waals surface area contributed by atoms with Crippen molar-refractivity contribution in [2.75, 3.05) is 20.2 Å². The summed E-state index contributed by atoms with van der Waals surface area (Å²) < 4.78 is 5.16. The number of benzene rings is 1. The van der Waals surface area contributed by atoms with E-state index in [1.165, 1.54) is 5.56 Å². The molecule has 4 nitrogen and oxygen atoms in total. The zero-order valence-corrected chi connectivity index (χ0v) is 11.5. The number of carbonyl (C=O) groups is 1. The quantitative estimate of drug-likeness (QED) is 0.886. The van der Waals surface area contributed by atoms with Crippen LogP contribution in [0.3, 0.4) is 0 Å². The highest BCUT2D eigenvalue weighted by molar-refractivity contribution is 5.66. The molecule has 0 unspecified atom stereocenters. The minimum absolute atomic E-state index is 0.222. The van der Waals surface area contributed by atoms with Crippen LogP contribution in [0.15, 0.2) is 24.3 Å². The van der Waals surface area contributed by atoms with Crippen LogP contribution < -0.4 is 4.74 Å². The maximum absolute atomic E-state index is 10.6. The van der Waals surface area contributed by atoms with Gasteiger partial charge in [0, 0.05) is 19.1 Å². The molecule has 4 heteroatoms. The number of methoxy groups -OCH3 is 1. The second-order valence-corrected chi connectivity index (χ2v) is 5.19. The first-order valence-electron chi connectivity index (χ1n) is 6.70. The summed E-state index contributed by atoms with van der Waals surface area (Å²) in [7, 11) is 1.67. The molecule has 0 radical (unpaired) electrons. The molecule has 2 rings (SSSR count). The van der Waals surface area contributed by atoms with Crippen molar-refractivity contribution in [1.82, 2.24) is 4.90 Å². The molecular weight excluding hydrogens is 242 g/mol. The van der Waals surface area contributed by atoms with Crippen LogP contribution in [0.2, 0.25) is 0 Å². The van der Waals surface area contributed by atoms with Gasteiger partial charge in [0.05, 0.1) is 13.5 Å². The Morgan fingerprint density at radius 2 is 2.11 bits per heavy atom. The molecule has 1 aromatic rings. The molecule has 1 heterocycles. The van der Waals surface area contributed by atoms with Gasteiger partial charge in [-0.15, -0.1) is 0 Å². The normalized spacial score (nSPS) is 23.5. The first kappa shape index (κ1) is 13.9. The lowest BCUT2D eigenvalue weighted by Gasteiger charge is -2.19. The average Bonchev–Trinajstić information content (AvgIpc) is 2.78. The molecule has 0 bridgehead atoms. The van der Waals surface area contributed by atoms with E-state index in [1.807, 2.05) is 12.1 Å². The fraction of sp³-hybridized carbons (Fsp3) is 0.533. The number of hydrogen-bond acceptors (Lipinski definition) is 3. The van der Waals surface area contributed by atoms with Gasteiger partial charge in [-0.1, -0.05) is 12.1 Å². The van der Waals surface area contributed by atoms with Gasteiger partial charge in [-0.3, -0.25) is 9.69 Å². The SMILES string of the molecule is COc1ccc([C@@H]2C[C@H](C)N(CCC(=O)O)C2)cc1. The number of rotatable bonds is 5. The van der Waals surface area contributed by atoms with Crippen molar-refractivity contribution in [1.29, 1.82) is 0 Å². The molecule has 2 atom stereocenters. The largest absolute Gasteiger partial charge is 0.497 e. The molecule has 1 aromatic carbocycles. The summed E-state index contributed by atoms with van der Waals surface area (Å²) in [6.45, 7) is 3.76. The van der Waals surface area contributed by atoms with Crippen molar-refractivity contribution in [3.8, 4) is 5.75 Å². The minimum atomic E-state index is -0.722. The van der Waals surface area contributed by atoms with Crippen LogP contribution in [-0.2, 0) is 4.79 Å². The Kier molecular flexibility index (Phi) is 4.43. The Bertz CT molecular complexity index is 430. The Hall–Kier alpha value is -1.55. The number of carboxylic acids is 1. The topological polar surface area (TPSA) is 49.8 Å². The van der Waals surface area contributed by atoms with Gasteiger partial charge in [-0.25, -0.2) is 0 Å². The van der Waals surface area contributed by atoms with E-state index >= 15 is 0 Å². The highest BCUT2D eigenvalue weighted by atomic mass is 16.5. The van der Waals surface area contributed by atoms with E-state index in [0.717, 1.165) is 18.7 Å². The number of nitrogens with zero attached hydrogens (tertiary/aromatic N) is 1. The van der Waals surface area contributed by atoms with Crippen molar-refractivity contribution in [2.45, 2.75) is 31.7 Å². The molecule has 1 aliphatic rings. The summed E-state index contributed by atoms with van der Waals surface area (Å²) in [5, 5.41) is 8.76. The fourth-order valence-corrected chi connectivity index (χ4v) is 2.77. The fourth-order valence-electron chi connectivity index (χ4n) is 2.77. The molecular formula is C15H21NO3. The smallest absolute Gasteiger partial charge is 0.304 e. The third-order valence-electron chi connectivity index (χ3n) is 3.90. The predicted octanol–water partition coefficient (Wildman–Crippen LogP) is 2.35. The summed E-state index contributed by atoms with van der Waals surface area (Å²) in [5.41, 5.74) is 1.31. The van der Waals surface area contributed by atoms with E-state index < -0.39 is 5.97 Å². The second kappa shape index (κ2) is 6.06. The van der Waals surface area contributed by atoms with E-state index in [0.29, 0.717) is 18.5 Å². The number of ether oxygens (including phenoxy) is 1. The van der Waals surface area contributed by atoms with E-state index in [2.05, 4.69) is 24.0 Å². The van der Waals surface area contributed by atoms with Crippen LogP contribution in [0.5, 0.6) is 5.75 Å². The van der Waals surface area contributed by atoms with Gasteiger partial charge in [0.2, 0.25) is 0 Å². The van der Waals surface area contributed by atoms with Crippen molar-refractivity contribution in [3.63, 3.8) is 0 Å². The Morgan fingerprint density at radius 1 is 1.42 bits per heavy atom. The zero-order chi connectivity index (χ0) is 13.8. The van der Waals surface area contributed by atoms with Crippen LogP contribution in [0, 0.1) is 0 Å². The van der Waals surface area contributed by atoms with Crippen LogP contribution >= 0.6 is 0 Å². The van der Waals surface area contributed by atoms with Gasteiger partial charge in [-0.2, -0.15) is 0 Å². The van der Waals surface area contributed by atoms with Gasteiger partial charge in [-0.05, 0) is 37.0 Å². The van der Waals surface area contributed by atoms with E-state index in [1.54, 1.807) is 7.11 Å². The molecule has 0 saturated carbocycles.